The smallest absolute Gasteiger partial charge is 0.270 e. The van der Waals surface area contributed by atoms with Crippen molar-refractivity contribution in [3.8, 4) is 0 Å². The minimum Gasteiger partial charge on any atom is -0.298 e. The van der Waals surface area contributed by atoms with Gasteiger partial charge in [-0.05, 0) is 29.3 Å². The number of nitro groups is 1. The minimum atomic E-state index is -0.490. The number of carbonyl (C=O) groups is 1. The molecule has 1 N–H and O–H groups in total. The van der Waals surface area contributed by atoms with Crippen LogP contribution in [0.4, 0.5) is 15.2 Å². The fraction of sp³-hybridized carbons (Fsp3) is 0.0526. The highest BCUT2D eigenvalue weighted by atomic mass is 32.1. The SMILES string of the molecule is O=C(/C=C/c1cccc([N+](=O)[O-])c1)Nc1ncc(Cc2ccc(F)cc2)s1. The molecule has 0 saturated carbocycles. The van der Waals surface area contributed by atoms with Gasteiger partial charge in [-0.3, -0.25) is 20.2 Å². The molecule has 8 heteroatoms. The zero-order chi connectivity index (χ0) is 19.2. The summed E-state index contributed by atoms with van der Waals surface area (Å²) in [7, 11) is 0. The molecule has 0 aliphatic heterocycles. The van der Waals surface area contributed by atoms with Crippen LogP contribution in [0.3, 0.4) is 0 Å². The average molecular weight is 383 g/mol. The van der Waals surface area contributed by atoms with E-state index in [4.69, 9.17) is 0 Å². The molecule has 3 rings (SSSR count). The van der Waals surface area contributed by atoms with Gasteiger partial charge in [0.2, 0.25) is 5.91 Å². The monoisotopic (exact) mass is 383 g/mol. The number of hydrogen-bond acceptors (Lipinski definition) is 5. The molecule has 0 unspecified atom stereocenters. The Morgan fingerprint density at radius 1 is 1.26 bits per heavy atom. The zero-order valence-corrected chi connectivity index (χ0v) is 14.8. The van der Waals surface area contributed by atoms with Crippen LogP contribution in [0.2, 0.25) is 0 Å². The second-order valence-electron chi connectivity index (χ2n) is 5.61. The molecular weight excluding hydrogens is 369 g/mol. The van der Waals surface area contributed by atoms with E-state index < -0.39 is 4.92 Å². The van der Waals surface area contributed by atoms with Crippen LogP contribution in [0.1, 0.15) is 16.0 Å². The summed E-state index contributed by atoms with van der Waals surface area (Å²) in [6, 6.07) is 12.2. The molecule has 0 saturated heterocycles. The first kappa shape index (κ1) is 18.4. The van der Waals surface area contributed by atoms with E-state index in [1.54, 1.807) is 30.5 Å². The molecular formula is C19H14FN3O3S. The summed E-state index contributed by atoms with van der Waals surface area (Å²) < 4.78 is 12.9. The lowest BCUT2D eigenvalue weighted by molar-refractivity contribution is -0.384. The van der Waals surface area contributed by atoms with Gasteiger partial charge in [-0.2, -0.15) is 0 Å². The van der Waals surface area contributed by atoms with Gasteiger partial charge in [0, 0.05) is 35.7 Å². The van der Waals surface area contributed by atoms with Crippen LogP contribution in [-0.2, 0) is 11.2 Å². The second kappa shape index (κ2) is 8.33. The highest BCUT2D eigenvalue weighted by Crippen LogP contribution is 2.21. The summed E-state index contributed by atoms with van der Waals surface area (Å²) in [5, 5.41) is 13.9. The molecule has 0 fully saturated rings. The van der Waals surface area contributed by atoms with Gasteiger partial charge >= 0.3 is 0 Å². The van der Waals surface area contributed by atoms with E-state index in [1.165, 1.54) is 47.8 Å². The molecule has 0 atom stereocenters. The molecule has 136 valence electrons. The van der Waals surface area contributed by atoms with Gasteiger partial charge in [-0.25, -0.2) is 9.37 Å². The van der Waals surface area contributed by atoms with Gasteiger partial charge in [0.15, 0.2) is 5.13 Å². The minimum absolute atomic E-state index is 0.0390. The fourth-order valence-corrected chi connectivity index (χ4v) is 3.16. The van der Waals surface area contributed by atoms with Crippen LogP contribution in [0.25, 0.3) is 6.08 Å². The number of anilines is 1. The zero-order valence-electron chi connectivity index (χ0n) is 14.0. The van der Waals surface area contributed by atoms with Crippen molar-refractivity contribution >= 4 is 34.1 Å². The highest BCUT2D eigenvalue weighted by molar-refractivity contribution is 7.15. The number of thiazole rings is 1. The first-order valence-corrected chi connectivity index (χ1v) is 8.74. The van der Waals surface area contributed by atoms with E-state index in [0.29, 0.717) is 17.1 Å². The maximum Gasteiger partial charge on any atom is 0.270 e. The Kier molecular flexibility index (Phi) is 5.68. The van der Waals surface area contributed by atoms with Crippen LogP contribution < -0.4 is 5.32 Å². The van der Waals surface area contributed by atoms with Crippen LogP contribution in [0.5, 0.6) is 0 Å². The Morgan fingerprint density at radius 2 is 2.04 bits per heavy atom. The van der Waals surface area contributed by atoms with E-state index >= 15 is 0 Å². The Morgan fingerprint density at radius 3 is 2.78 bits per heavy atom. The van der Waals surface area contributed by atoms with Crippen LogP contribution >= 0.6 is 11.3 Å². The van der Waals surface area contributed by atoms with Gasteiger partial charge in [0.05, 0.1) is 4.92 Å². The van der Waals surface area contributed by atoms with Crippen molar-refractivity contribution in [3.05, 3.63) is 92.7 Å². The number of nitro benzene ring substituents is 1. The van der Waals surface area contributed by atoms with Crippen molar-refractivity contribution in [2.75, 3.05) is 5.32 Å². The number of aromatic nitrogens is 1. The molecule has 0 spiro atoms. The first-order chi connectivity index (χ1) is 13.0. The van der Waals surface area contributed by atoms with Crippen molar-refractivity contribution in [1.29, 1.82) is 0 Å². The number of non-ortho nitro benzene ring substituents is 1. The van der Waals surface area contributed by atoms with Gasteiger partial charge in [-0.15, -0.1) is 11.3 Å². The van der Waals surface area contributed by atoms with E-state index in [9.17, 15) is 19.3 Å². The normalized spacial score (nSPS) is 10.9. The molecule has 0 bridgehead atoms. The van der Waals surface area contributed by atoms with Crippen molar-refractivity contribution in [2.45, 2.75) is 6.42 Å². The van der Waals surface area contributed by atoms with Gasteiger partial charge in [-0.1, -0.05) is 24.3 Å². The third-order valence-corrected chi connectivity index (χ3v) is 4.50. The predicted octanol–water partition coefficient (Wildman–Crippen LogP) is 4.43. The van der Waals surface area contributed by atoms with Crippen LogP contribution in [-0.4, -0.2) is 15.8 Å². The van der Waals surface area contributed by atoms with Crippen LogP contribution in [0.15, 0.2) is 60.8 Å². The lowest BCUT2D eigenvalue weighted by atomic mass is 10.1. The standard InChI is InChI=1S/C19H14FN3O3S/c20-15-7-4-14(5-8-15)11-17-12-21-19(27-17)22-18(24)9-6-13-2-1-3-16(10-13)23(25)26/h1-10,12H,11H2,(H,21,22,24)/b9-6+. The highest BCUT2D eigenvalue weighted by Gasteiger charge is 2.07. The molecule has 1 aromatic heterocycles. The van der Waals surface area contributed by atoms with Crippen molar-refractivity contribution in [1.82, 2.24) is 4.98 Å². The molecule has 6 nitrogen and oxygen atoms in total. The predicted molar refractivity (Wildman–Crippen MR) is 102 cm³/mol. The third-order valence-electron chi connectivity index (χ3n) is 3.58. The summed E-state index contributed by atoms with van der Waals surface area (Å²) >= 11 is 1.33. The lowest BCUT2D eigenvalue weighted by Gasteiger charge is -1.98. The Balaban J connectivity index is 1.59. The number of hydrogen-bond donors (Lipinski definition) is 1. The van der Waals surface area contributed by atoms with Crippen molar-refractivity contribution in [2.24, 2.45) is 0 Å². The lowest BCUT2D eigenvalue weighted by Crippen LogP contribution is -2.07. The number of halogens is 1. The largest absolute Gasteiger partial charge is 0.298 e. The summed E-state index contributed by atoms with van der Waals surface area (Å²) in [6.07, 6.45) is 5.04. The number of nitrogens with zero attached hydrogens (tertiary/aromatic N) is 2. The molecule has 0 aliphatic rings. The van der Waals surface area contributed by atoms with Gasteiger partial charge in [0.1, 0.15) is 5.82 Å². The number of carbonyl (C=O) groups excluding carboxylic acids is 1. The molecule has 1 heterocycles. The summed E-state index contributed by atoms with van der Waals surface area (Å²) in [6.45, 7) is 0. The van der Waals surface area contributed by atoms with E-state index in [1.807, 2.05) is 0 Å². The van der Waals surface area contributed by atoms with Gasteiger partial charge in [0.25, 0.3) is 5.69 Å². The maximum atomic E-state index is 12.9. The summed E-state index contributed by atoms with van der Waals surface area (Å²) in [5.41, 5.74) is 1.46. The fourth-order valence-electron chi connectivity index (χ4n) is 2.31. The average Bonchev–Trinajstić information content (AvgIpc) is 3.09. The Labute approximate surface area is 158 Å². The van der Waals surface area contributed by atoms with E-state index in [2.05, 4.69) is 10.3 Å². The maximum absolute atomic E-state index is 12.9. The first-order valence-electron chi connectivity index (χ1n) is 7.92. The summed E-state index contributed by atoms with van der Waals surface area (Å²) in [5.74, 6) is -0.671. The number of benzene rings is 2. The van der Waals surface area contributed by atoms with E-state index in [0.717, 1.165) is 10.4 Å². The molecule has 1 amide bonds. The Hall–Kier alpha value is -3.39. The molecule has 2 aromatic carbocycles. The van der Waals surface area contributed by atoms with Crippen LogP contribution in [0, 0.1) is 15.9 Å². The summed E-state index contributed by atoms with van der Waals surface area (Å²) in [4.78, 5) is 27.4. The van der Waals surface area contributed by atoms with Crippen molar-refractivity contribution in [3.63, 3.8) is 0 Å². The molecule has 3 aromatic rings. The third kappa shape index (κ3) is 5.29. The number of nitrogens with one attached hydrogen (secondary N) is 1. The molecule has 0 aliphatic carbocycles. The number of amides is 1. The quantitative estimate of drug-likeness (QED) is 0.388. The number of rotatable bonds is 6. The molecule has 0 radical (unpaired) electrons. The topological polar surface area (TPSA) is 85.1 Å². The second-order valence-corrected chi connectivity index (χ2v) is 6.72. The van der Waals surface area contributed by atoms with Crippen molar-refractivity contribution < 1.29 is 14.1 Å². The molecule has 27 heavy (non-hydrogen) atoms. The van der Waals surface area contributed by atoms with Gasteiger partial charge < -0.3 is 0 Å². The van der Waals surface area contributed by atoms with E-state index in [-0.39, 0.29) is 17.4 Å². The Bertz CT molecular complexity index is 999.